The van der Waals surface area contributed by atoms with Gasteiger partial charge in [0.2, 0.25) is 5.91 Å². The lowest BCUT2D eigenvalue weighted by atomic mass is 10.2. The van der Waals surface area contributed by atoms with E-state index in [0.29, 0.717) is 32.9 Å². The number of carbonyl (C=O) groups excluding carboxylic acids is 3. The molecular formula is C25H22Cl2N2O5. The molecule has 3 aromatic carbocycles. The summed E-state index contributed by atoms with van der Waals surface area (Å²) in [6.07, 6.45) is 0.429. The molecule has 2 N–H and O–H groups in total. The Morgan fingerprint density at radius 1 is 0.765 bits per heavy atom. The van der Waals surface area contributed by atoms with Gasteiger partial charge in [-0.1, -0.05) is 41.4 Å². The maximum atomic E-state index is 12.1. The van der Waals surface area contributed by atoms with E-state index in [4.69, 9.17) is 32.7 Å². The van der Waals surface area contributed by atoms with Crippen molar-refractivity contribution in [2.75, 3.05) is 17.2 Å². The molecule has 0 aromatic heterocycles. The lowest BCUT2D eigenvalue weighted by Gasteiger charge is -2.09. The molecule has 0 atom stereocenters. The van der Waals surface area contributed by atoms with Gasteiger partial charge in [0.15, 0.2) is 6.61 Å². The molecule has 2 amide bonds. The molecule has 0 fully saturated rings. The maximum Gasteiger partial charge on any atom is 0.306 e. The van der Waals surface area contributed by atoms with Gasteiger partial charge in [-0.15, -0.1) is 0 Å². The monoisotopic (exact) mass is 500 g/mol. The van der Waals surface area contributed by atoms with Crippen LogP contribution in [-0.4, -0.2) is 24.4 Å². The number of nitrogens with one attached hydrogen (secondary N) is 2. The Hall–Kier alpha value is -3.55. The van der Waals surface area contributed by atoms with E-state index < -0.39 is 18.5 Å². The molecule has 34 heavy (non-hydrogen) atoms. The fourth-order valence-electron chi connectivity index (χ4n) is 2.86. The first-order valence-electron chi connectivity index (χ1n) is 10.4. The highest BCUT2D eigenvalue weighted by molar-refractivity contribution is 6.32. The molecule has 3 rings (SSSR count). The zero-order valence-corrected chi connectivity index (χ0v) is 19.6. The van der Waals surface area contributed by atoms with Crippen LogP contribution in [0.4, 0.5) is 11.4 Å². The second kappa shape index (κ2) is 12.6. The van der Waals surface area contributed by atoms with Crippen molar-refractivity contribution in [3.8, 4) is 11.5 Å². The molecule has 0 saturated carbocycles. The van der Waals surface area contributed by atoms with E-state index in [1.165, 1.54) is 0 Å². The van der Waals surface area contributed by atoms with E-state index in [1.54, 1.807) is 60.7 Å². The number of halogens is 2. The molecule has 0 unspecified atom stereocenters. The highest BCUT2D eigenvalue weighted by Crippen LogP contribution is 2.29. The largest absolute Gasteiger partial charge is 0.456 e. The number of hydrogen-bond donors (Lipinski definition) is 2. The molecule has 3 aromatic rings. The van der Waals surface area contributed by atoms with Crippen LogP contribution in [0, 0.1) is 0 Å². The summed E-state index contributed by atoms with van der Waals surface area (Å²) in [5.74, 6) is -0.167. The van der Waals surface area contributed by atoms with Crippen molar-refractivity contribution < 1.29 is 23.9 Å². The third-order valence-electron chi connectivity index (χ3n) is 4.46. The van der Waals surface area contributed by atoms with E-state index in [2.05, 4.69) is 10.6 Å². The molecule has 0 aliphatic rings. The minimum Gasteiger partial charge on any atom is -0.456 e. The first-order chi connectivity index (χ1) is 16.4. The smallest absolute Gasteiger partial charge is 0.306 e. The van der Waals surface area contributed by atoms with Gasteiger partial charge < -0.3 is 20.1 Å². The Labute approximate surface area is 207 Å². The van der Waals surface area contributed by atoms with Crippen molar-refractivity contribution in [3.63, 3.8) is 0 Å². The Balaban J connectivity index is 1.33. The SMILES string of the molecule is O=C(CCCC(=O)OCC(=O)Nc1cccc(Cl)c1)Nc1ccc(Oc2ccccc2Cl)cc1. The van der Waals surface area contributed by atoms with Crippen molar-refractivity contribution in [1.29, 1.82) is 0 Å². The lowest BCUT2D eigenvalue weighted by Crippen LogP contribution is -2.21. The molecule has 0 aliphatic carbocycles. The average molecular weight is 501 g/mol. The average Bonchev–Trinajstić information content (AvgIpc) is 2.80. The van der Waals surface area contributed by atoms with Crippen molar-refractivity contribution in [2.45, 2.75) is 19.3 Å². The quantitative estimate of drug-likeness (QED) is 0.329. The number of carbonyl (C=O) groups is 3. The van der Waals surface area contributed by atoms with Gasteiger partial charge >= 0.3 is 5.97 Å². The third-order valence-corrected chi connectivity index (χ3v) is 5.01. The summed E-state index contributed by atoms with van der Waals surface area (Å²) in [5, 5.41) is 6.31. The molecule has 176 valence electrons. The van der Waals surface area contributed by atoms with Gasteiger partial charge in [-0.2, -0.15) is 0 Å². The lowest BCUT2D eigenvalue weighted by molar-refractivity contribution is -0.147. The summed E-state index contributed by atoms with van der Waals surface area (Å²) in [6, 6.07) is 20.6. The molecule has 0 heterocycles. The normalized spacial score (nSPS) is 10.3. The molecule has 7 nitrogen and oxygen atoms in total. The Bertz CT molecular complexity index is 1150. The van der Waals surface area contributed by atoms with Gasteiger partial charge in [0.05, 0.1) is 5.02 Å². The summed E-state index contributed by atoms with van der Waals surface area (Å²) in [5.41, 5.74) is 1.10. The van der Waals surface area contributed by atoms with E-state index in [9.17, 15) is 14.4 Å². The van der Waals surface area contributed by atoms with E-state index in [0.717, 1.165) is 0 Å². The molecule has 0 aliphatic heterocycles. The minimum atomic E-state index is -0.560. The van der Waals surface area contributed by atoms with Gasteiger partial charge in [0, 0.05) is 29.2 Å². The first-order valence-corrected chi connectivity index (χ1v) is 11.2. The van der Waals surface area contributed by atoms with Crippen molar-refractivity contribution in [2.24, 2.45) is 0 Å². The van der Waals surface area contributed by atoms with Gasteiger partial charge in [-0.3, -0.25) is 14.4 Å². The Morgan fingerprint density at radius 2 is 1.50 bits per heavy atom. The fourth-order valence-corrected chi connectivity index (χ4v) is 3.22. The molecular weight excluding hydrogens is 479 g/mol. The van der Waals surface area contributed by atoms with Crippen LogP contribution < -0.4 is 15.4 Å². The Kier molecular flexibility index (Phi) is 9.31. The third kappa shape index (κ3) is 8.42. The number of para-hydroxylation sites is 1. The number of benzene rings is 3. The van der Waals surface area contributed by atoms with Crippen LogP contribution in [0.1, 0.15) is 19.3 Å². The number of rotatable bonds is 10. The second-order valence-corrected chi connectivity index (χ2v) is 8.02. The minimum absolute atomic E-state index is 0.0163. The van der Waals surface area contributed by atoms with Crippen LogP contribution in [0.3, 0.4) is 0 Å². The van der Waals surface area contributed by atoms with E-state index in [-0.39, 0.29) is 25.2 Å². The standard InChI is InChI=1S/C25H22Cl2N2O5/c26-17-5-3-6-19(15-17)29-24(31)16-33-25(32)10-4-9-23(30)28-18-11-13-20(14-12-18)34-22-8-2-1-7-21(22)27/h1-3,5-8,11-15H,4,9-10,16H2,(H,28,30)(H,29,31). The van der Waals surface area contributed by atoms with Crippen LogP contribution in [0.5, 0.6) is 11.5 Å². The summed E-state index contributed by atoms with van der Waals surface area (Å²) in [7, 11) is 0. The number of anilines is 2. The van der Waals surface area contributed by atoms with Gasteiger partial charge in [0.25, 0.3) is 5.91 Å². The first kappa shape index (κ1) is 25.1. The van der Waals surface area contributed by atoms with Gasteiger partial charge in [-0.25, -0.2) is 0 Å². The molecule has 9 heteroatoms. The van der Waals surface area contributed by atoms with Gasteiger partial charge in [-0.05, 0) is 61.0 Å². The predicted octanol–water partition coefficient (Wildman–Crippen LogP) is 6.08. The molecule has 0 radical (unpaired) electrons. The summed E-state index contributed by atoms with van der Waals surface area (Å²) in [6.45, 7) is -0.417. The van der Waals surface area contributed by atoms with Crippen LogP contribution in [0.2, 0.25) is 10.0 Å². The topological polar surface area (TPSA) is 93.7 Å². The van der Waals surface area contributed by atoms with Crippen molar-refractivity contribution >= 4 is 52.4 Å². The number of hydrogen-bond acceptors (Lipinski definition) is 5. The van der Waals surface area contributed by atoms with Crippen LogP contribution in [0.15, 0.2) is 72.8 Å². The number of amides is 2. The summed E-state index contributed by atoms with van der Waals surface area (Å²) >= 11 is 11.9. The highest BCUT2D eigenvalue weighted by Gasteiger charge is 2.10. The number of ether oxygens (including phenoxy) is 2. The second-order valence-electron chi connectivity index (χ2n) is 7.18. The zero-order chi connectivity index (χ0) is 24.3. The van der Waals surface area contributed by atoms with Crippen molar-refractivity contribution in [3.05, 3.63) is 82.8 Å². The summed E-state index contributed by atoms with van der Waals surface area (Å²) in [4.78, 5) is 35.8. The van der Waals surface area contributed by atoms with Gasteiger partial charge in [0.1, 0.15) is 11.5 Å². The predicted molar refractivity (Wildman–Crippen MR) is 131 cm³/mol. The van der Waals surface area contributed by atoms with Crippen LogP contribution in [-0.2, 0) is 19.1 Å². The molecule has 0 bridgehead atoms. The maximum absolute atomic E-state index is 12.1. The zero-order valence-electron chi connectivity index (χ0n) is 18.1. The summed E-state index contributed by atoms with van der Waals surface area (Å²) < 4.78 is 10.6. The number of esters is 1. The molecule has 0 saturated heterocycles. The van der Waals surface area contributed by atoms with E-state index >= 15 is 0 Å². The Morgan fingerprint density at radius 3 is 2.24 bits per heavy atom. The fraction of sp³-hybridized carbons (Fsp3) is 0.160. The van der Waals surface area contributed by atoms with Crippen molar-refractivity contribution in [1.82, 2.24) is 0 Å². The highest BCUT2D eigenvalue weighted by atomic mass is 35.5. The van der Waals surface area contributed by atoms with Crippen LogP contribution >= 0.6 is 23.2 Å². The van der Waals surface area contributed by atoms with Crippen LogP contribution in [0.25, 0.3) is 0 Å². The van der Waals surface area contributed by atoms with E-state index in [1.807, 2.05) is 12.1 Å². The molecule has 0 spiro atoms.